The number of methoxy groups -OCH3 is 1. The number of fused-ring (bicyclic) bond motifs is 1. The van der Waals surface area contributed by atoms with Crippen LogP contribution in [0.3, 0.4) is 0 Å². The number of ether oxygens (including phenoxy) is 3. The van der Waals surface area contributed by atoms with Crippen molar-refractivity contribution in [1.29, 1.82) is 0 Å². The Morgan fingerprint density at radius 2 is 1.69 bits per heavy atom. The first-order valence-corrected chi connectivity index (χ1v) is 13.1. The summed E-state index contributed by atoms with van der Waals surface area (Å²) in [5, 5.41) is 4.13. The lowest BCUT2D eigenvalue weighted by Gasteiger charge is -2.35. The largest absolute Gasteiger partial charge is 0.750 e. The Balaban J connectivity index is 2.03. The molecule has 210 valence electrons. The molecule has 1 aromatic carbocycles. The predicted octanol–water partition coefficient (Wildman–Crippen LogP) is 4.18. The molecule has 0 fully saturated rings. The summed E-state index contributed by atoms with van der Waals surface area (Å²) in [6.45, 7) is 5.24. The number of anilines is 1. The van der Waals surface area contributed by atoms with Crippen molar-refractivity contribution < 1.29 is 41.8 Å². The number of hydrogen-bond donors (Lipinski definition) is 1. The number of carbonyl (C=O) groups excluding carboxylic acids is 2. The van der Waals surface area contributed by atoms with Crippen molar-refractivity contribution in [2.75, 3.05) is 19.5 Å². The summed E-state index contributed by atoms with van der Waals surface area (Å²) in [6, 6.07) is 11.1. The van der Waals surface area contributed by atoms with Gasteiger partial charge in [0, 0.05) is 11.7 Å². The summed E-state index contributed by atoms with van der Waals surface area (Å²) in [4.78, 5) is 29.4. The predicted molar refractivity (Wildman–Crippen MR) is 137 cm³/mol. The van der Waals surface area contributed by atoms with Crippen LogP contribution in [0.2, 0.25) is 0 Å². The van der Waals surface area contributed by atoms with E-state index >= 15 is 4.39 Å². The van der Waals surface area contributed by atoms with Crippen LogP contribution in [0.15, 0.2) is 48.8 Å². The lowest BCUT2D eigenvalue weighted by Crippen LogP contribution is -2.51. The van der Waals surface area contributed by atoms with Crippen molar-refractivity contribution in [3.8, 4) is 5.75 Å². The average Bonchev–Trinajstić information content (AvgIpc) is 3.34. The van der Waals surface area contributed by atoms with Gasteiger partial charge in [-0.1, -0.05) is 45.9 Å². The van der Waals surface area contributed by atoms with E-state index in [0.717, 1.165) is 13.4 Å². The molecule has 3 rings (SSSR count). The second kappa shape index (κ2) is 12.9. The number of rotatable bonds is 13. The SMILES string of the molecule is COC(F)(CO[P+](=O)Oc1ccccc1)[C@@H](OC(=O)C(C)C)[C@@H](OC(=O)C(C)C)c1ccc2c(N)ncnn12. The van der Waals surface area contributed by atoms with Gasteiger partial charge in [-0.2, -0.15) is 5.10 Å². The molecule has 0 saturated heterocycles. The zero-order valence-electron chi connectivity index (χ0n) is 22.1. The third-order valence-electron chi connectivity index (χ3n) is 5.56. The van der Waals surface area contributed by atoms with E-state index in [4.69, 9.17) is 29.0 Å². The van der Waals surface area contributed by atoms with Crippen molar-refractivity contribution in [2.45, 2.75) is 45.8 Å². The van der Waals surface area contributed by atoms with Gasteiger partial charge in [0.15, 0.2) is 24.3 Å². The van der Waals surface area contributed by atoms with Gasteiger partial charge in [0.25, 0.3) is 5.85 Å². The number of benzene rings is 1. The van der Waals surface area contributed by atoms with Crippen molar-refractivity contribution in [3.63, 3.8) is 0 Å². The summed E-state index contributed by atoms with van der Waals surface area (Å²) >= 11 is 0. The van der Waals surface area contributed by atoms with Gasteiger partial charge in [-0.3, -0.25) is 9.59 Å². The van der Waals surface area contributed by atoms with Gasteiger partial charge in [-0.25, -0.2) is 18.4 Å². The zero-order valence-corrected chi connectivity index (χ0v) is 23.0. The summed E-state index contributed by atoms with van der Waals surface area (Å²) in [5.41, 5.74) is 6.39. The molecule has 0 bridgehead atoms. The number of nitrogens with two attached hydrogens (primary N) is 1. The molecule has 0 aliphatic heterocycles. The van der Waals surface area contributed by atoms with Crippen molar-refractivity contribution in [2.24, 2.45) is 11.8 Å². The van der Waals surface area contributed by atoms with E-state index in [2.05, 4.69) is 10.1 Å². The molecule has 2 N–H and O–H groups in total. The van der Waals surface area contributed by atoms with E-state index in [1.165, 1.54) is 28.8 Å². The van der Waals surface area contributed by atoms with E-state index < -0.39 is 56.7 Å². The van der Waals surface area contributed by atoms with Gasteiger partial charge < -0.3 is 19.9 Å². The fraction of sp³-hybridized carbons (Fsp3) is 0.440. The molecular formula is C25H31FN4O8P+. The smallest absolute Gasteiger partial charge is 0.451 e. The Labute approximate surface area is 225 Å². The Bertz CT molecular complexity index is 1310. The number of hydrogen-bond acceptors (Lipinski definition) is 11. The number of nitrogens with zero attached hydrogens (tertiary/aromatic N) is 3. The Morgan fingerprint density at radius 3 is 2.31 bits per heavy atom. The number of nitrogen functional groups attached to an aromatic ring is 1. The first kappa shape index (κ1) is 29.9. The van der Waals surface area contributed by atoms with E-state index in [1.807, 2.05) is 0 Å². The number of halogens is 1. The van der Waals surface area contributed by atoms with Crippen LogP contribution in [-0.4, -0.2) is 52.2 Å². The van der Waals surface area contributed by atoms with E-state index in [9.17, 15) is 14.2 Å². The first-order chi connectivity index (χ1) is 18.5. The summed E-state index contributed by atoms with van der Waals surface area (Å²) < 4.78 is 57.1. The van der Waals surface area contributed by atoms with E-state index in [1.54, 1.807) is 45.9 Å². The topological polar surface area (TPSA) is 154 Å². The molecule has 4 atom stereocenters. The quantitative estimate of drug-likeness (QED) is 0.234. The van der Waals surface area contributed by atoms with Crippen molar-refractivity contribution >= 4 is 31.5 Å². The van der Waals surface area contributed by atoms with Gasteiger partial charge in [0.2, 0.25) is 6.10 Å². The summed E-state index contributed by atoms with van der Waals surface area (Å²) in [6.07, 6.45) is -2.37. The van der Waals surface area contributed by atoms with Crippen LogP contribution in [0, 0.1) is 11.8 Å². The van der Waals surface area contributed by atoms with Gasteiger partial charge in [0.1, 0.15) is 11.8 Å². The third kappa shape index (κ3) is 7.25. The molecule has 0 radical (unpaired) electrons. The normalized spacial score (nSPS) is 15.0. The van der Waals surface area contributed by atoms with Crippen LogP contribution in [0.25, 0.3) is 5.52 Å². The maximum Gasteiger partial charge on any atom is 0.750 e. The van der Waals surface area contributed by atoms with Crippen LogP contribution in [0.1, 0.15) is 39.5 Å². The molecule has 0 aliphatic carbocycles. The lowest BCUT2D eigenvalue weighted by molar-refractivity contribution is -0.249. The van der Waals surface area contributed by atoms with E-state index in [0.29, 0.717) is 5.52 Å². The highest BCUT2D eigenvalue weighted by Gasteiger charge is 2.53. The molecule has 0 spiro atoms. The fourth-order valence-electron chi connectivity index (χ4n) is 3.36. The summed E-state index contributed by atoms with van der Waals surface area (Å²) in [5.74, 6) is -5.48. The molecule has 0 amide bonds. The molecule has 14 heteroatoms. The first-order valence-electron chi connectivity index (χ1n) is 12.0. The van der Waals surface area contributed by atoms with Crippen LogP contribution in [0.4, 0.5) is 10.2 Å². The molecular weight excluding hydrogens is 534 g/mol. The van der Waals surface area contributed by atoms with Gasteiger partial charge in [0.05, 0.1) is 17.5 Å². The standard InChI is InChI=1S/C25H31FN4O8P/c1-15(2)23(31)36-20(18-11-12-19-22(27)28-14-29-30(18)19)21(37-24(32)16(3)4)25(26,34-5)13-35-39(33)38-17-9-7-6-8-10-17/h6-12,14-16,20-21H,13H2,1-5H3,(H2,27,28,29)/q+1/t20-,21-,25?/m0/s1. The van der Waals surface area contributed by atoms with E-state index in [-0.39, 0.29) is 17.3 Å². The van der Waals surface area contributed by atoms with Crippen molar-refractivity contribution in [1.82, 2.24) is 14.6 Å². The second-order valence-electron chi connectivity index (χ2n) is 9.12. The minimum atomic E-state index is -2.97. The zero-order chi connectivity index (χ0) is 28.7. The van der Waals surface area contributed by atoms with Crippen LogP contribution in [-0.2, 0) is 32.9 Å². The Kier molecular flexibility index (Phi) is 9.90. The minimum Gasteiger partial charge on any atom is -0.451 e. The Hall–Kier alpha value is -3.67. The molecule has 0 aliphatic rings. The molecule has 2 unspecified atom stereocenters. The lowest BCUT2D eigenvalue weighted by atomic mass is 10.0. The minimum absolute atomic E-state index is 0.109. The van der Waals surface area contributed by atoms with Gasteiger partial charge >= 0.3 is 20.2 Å². The third-order valence-corrected chi connectivity index (χ3v) is 6.26. The molecule has 12 nitrogen and oxygen atoms in total. The molecule has 2 aromatic heterocycles. The van der Waals surface area contributed by atoms with Gasteiger partial charge in [-0.05, 0) is 24.3 Å². The number of aromatic nitrogens is 3. The number of alkyl halides is 1. The highest BCUT2D eigenvalue weighted by atomic mass is 31.1. The molecule has 3 aromatic rings. The van der Waals surface area contributed by atoms with Gasteiger partial charge in [-0.15, -0.1) is 4.52 Å². The molecule has 2 heterocycles. The van der Waals surface area contributed by atoms with Crippen LogP contribution >= 0.6 is 8.25 Å². The highest BCUT2D eigenvalue weighted by Crippen LogP contribution is 2.38. The second-order valence-corrected chi connectivity index (χ2v) is 10.0. The number of para-hydroxylation sites is 1. The monoisotopic (exact) mass is 565 g/mol. The van der Waals surface area contributed by atoms with Crippen molar-refractivity contribution in [3.05, 3.63) is 54.5 Å². The average molecular weight is 566 g/mol. The number of carbonyl (C=O) groups is 2. The maximum atomic E-state index is 16.6. The summed E-state index contributed by atoms with van der Waals surface area (Å²) in [7, 11) is -1.87. The molecule has 0 saturated carbocycles. The van der Waals surface area contributed by atoms with Crippen LogP contribution in [0.5, 0.6) is 5.75 Å². The molecule has 39 heavy (non-hydrogen) atoms. The Morgan fingerprint density at radius 1 is 1.05 bits per heavy atom. The maximum absolute atomic E-state index is 16.6. The fourth-order valence-corrected chi connectivity index (χ4v) is 3.98. The number of esters is 2. The van der Waals surface area contributed by atoms with Crippen LogP contribution < -0.4 is 10.3 Å². The highest BCUT2D eigenvalue weighted by molar-refractivity contribution is 7.33.